The summed E-state index contributed by atoms with van der Waals surface area (Å²) in [5.41, 5.74) is -0.661. The molecule has 19 heavy (non-hydrogen) atoms. The minimum Gasteiger partial charge on any atom is -0.469 e. The number of esters is 2. The van der Waals surface area contributed by atoms with Crippen LogP contribution in [-0.2, 0) is 19.1 Å². The minimum absolute atomic E-state index is 0.0586. The predicted molar refractivity (Wildman–Crippen MR) is 68.0 cm³/mol. The summed E-state index contributed by atoms with van der Waals surface area (Å²) in [5.74, 6) is -0.478. The number of allylic oxidation sites excluding steroid dienone is 3. The quantitative estimate of drug-likeness (QED) is 0.563. The number of hydrogen-bond donors (Lipinski definition) is 0. The van der Waals surface area contributed by atoms with Gasteiger partial charge in [0, 0.05) is 0 Å². The fourth-order valence-corrected chi connectivity index (χ4v) is 4.70. The molecule has 0 heterocycles. The van der Waals surface area contributed by atoms with Gasteiger partial charge in [0.1, 0.15) is 0 Å². The maximum absolute atomic E-state index is 12.5. The molecule has 0 aromatic rings. The molecule has 0 aromatic carbocycles. The maximum atomic E-state index is 12.5. The van der Waals surface area contributed by atoms with Gasteiger partial charge in [-0.25, -0.2) is 0 Å². The number of rotatable bonds is 2. The summed E-state index contributed by atoms with van der Waals surface area (Å²) in [6, 6.07) is 0. The third kappa shape index (κ3) is 1.15. The smallest absolute Gasteiger partial charge is 0.313 e. The molecule has 2 saturated carbocycles. The van der Waals surface area contributed by atoms with Crippen LogP contribution in [0.1, 0.15) is 19.3 Å². The average molecular weight is 262 g/mol. The van der Waals surface area contributed by atoms with Crippen LogP contribution in [0.3, 0.4) is 0 Å². The number of ether oxygens (including phenoxy) is 2. The SMILES string of the molecule is C=C1CC2(C(=O)OC)C3C=CC(C3)C2(C(=O)OC)C1. The van der Waals surface area contributed by atoms with Gasteiger partial charge in [0.25, 0.3) is 0 Å². The highest BCUT2D eigenvalue weighted by molar-refractivity contribution is 5.93. The molecule has 0 aliphatic heterocycles. The molecular weight excluding hydrogens is 244 g/mol. The van der Waals surface area contributed by atoms with Crippen molar-refractivity contribution in [1.82, 2.24) is 0 Å². The van der Waals surface area contributed by atoms with Crippen molar-refractivity contribution in [2.45, 2.75) is 19.3 Å². The molecule has 2 fully saturated rings. The van der Waals surface area contributed by atoms with Crippen LogP contribution in [0, 0.1) is 22.7 Å². The van der Waals surface area contributed by atoms with Gasteiger partial charge in [-0.3, -0.25) is 9.59 Å². The van der Waals surface area contributed by atoms with E-state index in [1.165, 1.54) is 14.2 Å². The van der Waals surface area contributed by atoms with Gasteiger partial charge in [0.2, 0.25) is 0 Å². The summed E-state index contributed by atoms with van der Waals surface area (Å²) in [4.78, 5) is 24.9. The van der Waals surface area contributed by atoms with Crippen LogP contribution >= 0.6 is 0 Å². The Labute approximate surface area is 112 Å². The Kier molecular flexibility index (Phi) is 2.43. The maximum Gasteiger partial charge on any atom is 0.313 e. The van der Waals surface area contributed by atoms with Crippen molar-refractivity contribution in [3.8, 4) is 0 Å². The Morgan fingerprint density at radius 3 is 1.89 bits per heavy atom. The summed E-state index contributed by atoms with van der Waals surface area (Å²) >= 11 is 0. The van der Waals surface area contributed by atoms with E-state index >= 15 is 0 Å². The second-order valence-electron chi connectivity index (χ2n) is 5.86. The first kappa shape index (κ1) is 12.5. The molecule has 0 N–H and O–H groups in total. The lowest BCUT2D eigenvalue weighted by atomic mass is 9.59. The molecule has 4 unspecified atom stereocenters. The van der Waals surface area contributed by atoms with Gasteiger partial charge in [-0.2, -0.15) is 0 Å². The lowest BCUT2D eigenvalue weighted by Gasteiger charge is -2.42. The van der Waals surface area contributed by atoms with Gasteiger partial charge in [0.05, 0.1) is 25.0 Å². The Bertz CT molecular complexity index is 464. The summed E-state index contributed by atoms with van der Waals surface area (Å²) in [6.07, 6.45) is 6.00. The van der Waals surface area contributed by atoms with Crippen molar-refractivity contribution in [3.63, 3.8) is 0 Å². The molecule has 102 valence electrons. The normalized spacial score (nSPS) is 42.3. The van der Waals surface area contributed by atoms with E-state index in [1.54, 1.807) is 0 Å². The van der Waals surface area contributed by atoms with E-state index in [4.69, 9.17) is 9.47 Å². The van der Waals surface area contributed by atoms with Crippen molar-refractivity contribution in [1.29, 1.82) is 0 Å². The zero-order valence-electron chi connectivity index (χ0n) is 11.3. The van der Waals surface area contributed by atoms with Crippen LogP contribution < -0.4 is 0 Å². The van der Waals surface area contributed by atoms with Crippen LogP contribution in [0.15, 0.2) is 24.3 Å². The fourth-order valence-electron chi connectivity index (χ4n) is 4.70. The van der Waals surface area contributed by atoms with Gasteiger partial charge in [0.15, 0.2) is 0 Å². The van der Waals surface area contributed by atoms with Gasteiger partial charge < -0.3 is 9.47 Å². The predicted octanol–water partition coefficient (Wildman–Crippen LogP) is 1.86. The van der Waals surface area contributed by atoms with E-state index in [2.05, 4.69) is 18.7 Å². The first-order valence-corrected chi connectivity index (χ1v) is 6.54. The zero-order chi connectivity index (χ0) is 13.8. The van der Waals surface area contributed by atoms with Crippen LogP contribution in [0.4, 0.5) is 0 Å². The largest absolute Gasteiger partial charge is 0.469 e. The molecule has 0 saturated heterocycles. The monoisotopic (exact) mass is 262 g/mol. The van der Waals surface area contributed by atoms with E-state index in [9.17, 15) is 9.59 Å². The van der Waals surface area contributed by atoms with Crippen molar-refractivity contribution in [2.75, 3.05) is 14.2 Å². The molecule has 4 nitrogen and oxygen atoms in total. The highest BCUT2D eigenvalue weighted by Crippen LogP contribution is 2.72. The summed E-state index contributed by atoms with van der Waals surface area (Å²) in [5, 5.41) is 0. The van der Waals surface area contributed by atoms with Crippen LogP contribution in [-0.4, -0.2) is 26.2 Å². The molecule has 3 aliphatic carbocycles. The number of methoxy groups -OCH3 is 2. The van der Waals surface area contributed by atoms with Gasteiger partial charge in [-0.15, -0.1) is 0 Å². The Hall–Kier alpha value is -1.58. The van der Waals surface area contributed by atoms with E-state index in [0.717, 1.165) is 12.0 Å². The fraction of sp³-hybridized carbons (Fsp3) is 0.600. The average Bonchev–Trinajstić information content (AvgIpc) is 3.05. The molecule has 0 aromatic heterocycles. The van der Waals surface area contributed by atoms with Crippen LogP contribution in [0.2, 0.25) is 0 Å². The Balaban J connectivity index is 2.22. The number of hydrogen-bond acceptors (Lipinski definition) is 4. The summed E-state index contributed by atoms with van der Waals surface area (Å²) in [7, 11) is 2.77. The van der Waals surface area contributed by atoms with E-state index < -0.39 is 10.8 Å². The summed E-state index contributed by atoms with van der Waals surface area (Å²) < 4.78 is 10.1. The van der Waals surface area contributed by atoms with Crippen molar-refractivity contribution in [2.24, 2.45) is 22.7 Å². The Morgan fingerprint density at radius 1 is 1.11 bits per heavy atom. The van der Waals surface area contributed by atoms with Gasteiger partial charge >= 0.3 is 11.9 Å². The second-order valence-corrected chi connectivity index (χ2v) is 5.86. The number of carbonyl (C=O) groups is 2. The third-order valence-corrected chi connectivity index (χ3v) is 5.30. The molecule has 4 heteroatoms. The zero-order valence-corrected chi connectivity index (χ0v) is 11.3. The number of carbonyl (C=O) groups excluding carboxylic acids is 2. The molecule has 4 atom stereocenters. The van der Waals surface area contributed by atoms with Crippen molar-refractivity contribution in [3.05, 3.63) is 24.3 Å². The molecule has 3 rings (SSSR count). The lowest BCUT2D eigenvalue weighted by molar-refractivity contribution is -0.176. The highest BCUT2D eigenvalue weighted by atomic mass is 16.5. The summed E-state index contributed by atoms with van der Waals surface area (Å²) in [6.45, 7) is 4.01. The standard InChI is InChI=1S/C15H18O4/c1-9-7-14(12(16)18-2)10-4-5-11(6-10)15(14,8-9)13(17)19-3/h4-5,10-11H,1,6-8H2,2-3H3. The van der Waals surface area contributed by atoms with Gasteiger partial charge in [-0.05, 0) is 31.1 Å². The van der Waals surface area contributed by atoms with Gasteiger partial charge in [-0.1, -0.05) is 24.3 Å². The first-order valence-electron chi connectivity index (χ1n) is 6.54. The third-order valence-electron chi connectivity index (χ3n) is 5.30. The van der Waals surface area contributed by atoms with Crippen molar-refractivity contribution < 1.29 is 19.1 Å². The number of fused-ring (bicyclic) bond motifs is 5. The van der Waals surface area contributed by atoms with Crippen LogP contribution in [0.5, 0.6) is 0 Å². The lowest BCUT2D eigenvalue weighted by Crippen LogP contribution is -2.52. The Morgan fingerprint density at radius 2 is 1.53 bits per heavy atom. The first-order chi connectivity index (χ1) is 9.02. The van der Waals surface area contributed by atoms with Crippen molar-refractivity contribution >= 4 is 11.9 Å². The van der Waals surface area contributed by atoms with Crippen LogP contribution in [0.25, 0.3) is 0 Å². The van der Waals surface area contributed by atoms with E-state index in [1.807, 2.05) is 0 Å². The molecular formula is C15H18O4. The van der Waals surface area contributed by atoms with E-state index in [0.29, 0.717) is 12.8 Å². The minimum atomic E-state index is -0.800. The topological polar surface area (TPSA) is 52.6 Å². The molecule has 0 spiro atoms. The molecule has 3 aliphatic rings. The molecule has 2 bridgehead atoms. The second kappa shape index (κ2) is 3.71. The molecule has 0 radical (unpaired) electrons. The highest BCUT2D eigenvalue weighted by Gasteiger charge is 2.76. The van der Waals surface area contributed by atoms with E-state index in [-0.39, 0.29) is 23.8 Å². The molecule has 0 amide bonds.